The standard InChI is InChI=1S/C20H42O4S/c1-2-3-4-5-6-7-8-9-10-11-12-13-14-15-16-17-18-20(21)19-25(22,23)24/h20-21H,2-19H2,1H3,(H,22,23,24). The molecular weight excluding hydrogens is 336 g/mol. The molecular formula is C20H42O4S. The van der Waals surface area contributed by atoms with Crippen molar-refractivity contribution in [3.8, 4) is 0 Å². The Kier molecular flexibility index (Phi) is 17.2. The Morgan fingerprint density at radius 3 is 1.28 bits per heavy atom. The molecule has 0 aromatic heterocycles. The molecule has 0 heterocycles. The van der Waals surface area contributed by atoms with E-state index in [-0.39, 0.29) is 0 Å². The molecule has 0 spiro atoms. The maximum atomic E-state index is 10.6. The van der Waals surface area contributed by atoms with E-state index in [0.29, 0.717) is 6.42 Å². The average Bonchev–Trinajstić information content (AvgIpc) is 2.53. The number of rotatable bonds is 19. The molecule has 1 unspecified atom stereocenters. The molecule has 0 saturated heterocycles. The second-order valence-corrected chi connectivity index (χ2v) is 8.99. The Hall–Kier alpha value is -0.130. The first-order chi connectivity index (χ1) is 12.0. The number of hydrogen-bond donors (Lipinski definition) is 2. The van der Waals surface area contributed by atoms with Crippen LogP contribution >= 0.6 is 0 Å². The van der Waals surface area contributed by atoms with Crippen molar-refractivity contribution < 1.29 is 18.1 Å². The minimum Gasteiger partial charge on any atom is -0.392 e. The van der Waals surface area contributed by atoms with Crippen molar-refractivity contribution in [3.05, 3.63) is 0 Å². The van der Waals surface area contributed by atoms with Crippen LogP contribution in [0.2, 0.25) is 0 Å². The second-order valence-electron chi connectivity index (χ2n) is 7.49. The highest BCUT2D eigenvalue weighted by Gasteiger charge is 2.13. The fourth-order valence-electron chi connectivity index (χ4n) is 3.25. The predicted molar refractivity (Wildman–Crippen MR) is 107 cm³/mol. The Bertz CT molecular complexity index is 368. The largest absolute Gasteiger partial charge is 0.392 e. The van der Waals surface area contributed by atoms with Gasteiger partial charge in [-0.05, 0) is 6.42 Å². The highest BCUT2D eigenvalue weighted by atomic mass is 32.2. The van der Waals surface area contributed by atoms with Gasteiger partial charge in [-0.25, -0.2) is 0 Å². The molecule has 5 heteroatoms. The van der Waals surface area contributed by atoms with E-state index in [2.05, 4.69) is 6.92 Å². The minimum absolute atomic E-state index is 0.457. The van der Waals surface area contributed by atoms with Gasteiger partial charge in [0.25, 0.3) is 10.1 Å². The molecule has 2 N–H and O–H groups in total. The average molecular weight is 379 g/mol. The highest BCUT2D eigenvalue weighted by molar-refractivity contribution is 7.85. The van der Waals surface area contributed by atoms with Gasteiger partial charge in [0.1, 0.15) is 5.75 Å². The third kappa shape index (κ3) is 21.8. The van der Waals surface area contributed by atoms with Crippen LogP contribution in [0.25, 0.3) is 0 Å². The summed E-state index contributed by atoms with van der Waals surface area (Å²) < 4.78 is 29.9. The van der Waals surface area contributed by atoms with Crippen LogP contribution in [0, 0.1) is 0 Å². The molecule has 0 aliphatic carbocycles. The van der Waals surface area contributed by atoms with E-state index < -0.39 is 22.0 Å². The maximum Gasteiger partial charge on any atom is 0.267 e. The van der Waals surface area contributed by atoms with E-state index in [1.54, 1.807) is 0 Å². The first-order valence-corrected chi connectivity index (χ1v) is 12.2. The molecule has 0 rings (SSSR count). The van der Waals surface area contributed by atoms with E-state index in [1.807, 2.05) is 0 Å². The number of aliphatic hydroxyl groups excluding tert-OH is 1. The van der Waals surface area contributed by atoms with E-state index >= 15 is 0 Å². The van der Waals surface area contributed by atoms with Crippen LogP contribution in [0.4, 0.5) is 0 Å². The number of aliphatic hydroxyl groups is 1. The molecule has 0 bridgehead atoms. The van der Waals surface area contributed by atoms with Crippen LogP contribution in [0.5, 0.6) is 0 Å². The van der Waals surface area contributed by atoms with Crippen LogP contribution in [0.1, 0.15) is 116 Å². The summed E-state index contributed by atoms with van der Waals surface area (Å²) in [6.07, 6.45) is 20.3. The third-order valence-corrected chi connectivity index (χ3v) is 5.60. The molecule has 0 aromatic carbocycles. The zero-order valence-electron chi connectivity index (χ0n) is 16.4. The first-order valence-electron chi connectivity index (χ1n) is 10.6. The van der Waals surface area contributed by atoms with Crippen molar-refractivity contribution in [3.63, 3.8) is 0 Å². The van der Waals surface area contributed by atoms with E-state index in [1.165, 1.54) is 83.5 Å². The van der Waals surface area contributed by atoms with Gasteiger partial charge in [-0.2, -0.15) is 8.42 Å². The summed E-state index contributed by atoms with van der Waals surface area (Å²) in [5.74, 6) is -0.536. The molecule has 152 valence electrons. The molecule has 4 nitrogen and oxygen atoms in total. The quantitative estimate of drug-likeness (QED) is 0.217. The number of hydrogen-bond acceptors (Lipinski definition) is 3. The third-order valence-electron chi connectivity index (χ3n) is 4.79. The molecule has 0 aliphatic heterocycles. The van der Waals surface area contributed by atoms with Gasteiger partial charge < -0.3 is 5.11 Å². The van der Waals surface area contributed by atoms with Gasteiger partial charge in [0, 0.05) is 0 Å². The molecule has 1 atom stereocenters. The smallest absolute Gasteiger partial charge is 0.267 e. The second kappa shape index (κ2) is 17.3. The summed E-state index contributed by atoms with van der Waals surface area (Å²) in [7, 11) is -4.05. The van der Waals surface area contributed by atoms with Crippen LogP contribution < -0.4 is 0 Å². The summed E-state index contributed by atoms with van der Waals surface area (Å²) >= 11 is 0. The summed E-state index contributed by atoms with van der Waals surface area (Å²) in [6.45, 7) is 2.26. The van der Waals surface area contributed by atoms with Gasteiger partial charge in [-0.1, -0.05) is 110 Å². The van der Waals surface area contributed by atoms with Crippen molar-refractivity contribution in [1.29, 1.82) is 0 Å². The van der Waals surface area contributed by atoms with Gasteiger partial charge in [-0.3, -0.25) is 4.55 Å². The van der Waals surface area contributed by atoms with Crippen molar-refractivity contribution in [2.45, 2.75) is 122 Å². The molecule has 0 saturated carbocycles. The fraction of sp³-hybridized carbons (Fsp3) is 1.00. The topological polar surface area (TPSA) is 74.6 Å². The van der Waals surface area contributed by atoms with Gasteiger partial charge >= 0.3 is 0 Å². The monoisotopic (exact) mass is 378 g/mol. The molecule has 25 heavy (non-hydrogen) atoms. The summed E-state index contributed by atoms with van der Waals surface area (Å²) in [5.41, 5.74) is 0. The van der Waals surface area contributed by atoms with Gasteiger partial charge in [0.2, 0.25) is 0 Å². The normalized spacial score (nSPS) is 13.2. The molecule has 0 amide bonds. The van der Waals surface area contributed by atoms with Crippen LogP contribution in [-0.4, -0.2) is 29.9 Å². The van der Waals surface area contributed by atoms with Crippen molar-refractivity contribution in [1.82, 2.24) is 0 Å². The maximum absolute atomic E-state index is 10.6. The van der Waals surface area contributed by atoms with Gasteiger partial charge in [-0.15, -0.1) is 0 Å². The zero-order valence-corrected chi connectivity index (χ0v) is 17.2. The SMILES string of the molecule is CCCCCCCCCCCCCCCCCCC(O)CS(=O)(=O)O. The Labute approximate surface area is 156 Å². The lowest BCUT2D eigenvalue weighted by Crippen LogP contribution is -2.19. The summed E-state index contributed by atoms with van der Waals surface area (Å²) in [5, 5.41) is 9.46. The molecule has 0 aliphatic rings. The molecule has 0 radical (unpaired) electrons. The van der Waals surface area contributed by atoms with Crippen LogP contribution in [0.3, 0.4) is 0 Å². The van der Waals surface area contributed by atoms with E-state index in [9.17, 15) is 13.5 Å². The van der Waals surface area contributed by atoms with Gasteiger partial charge in [0.15, 0.2) is 0 Å². The first kappa shape index (κ1) is 24.9. The van der Waals surface area contributed by atoms with E-state index in [4.69, 9.17) is 4.55 Å². The zero-order chi connectivity index (χ0) is 18.8. The van der Waals surface area contributed by atoms with E-state index in [0.717, 1.165) is 19.3 Å². The fourth-order valence-corrected chi connectivity index (χ4v) is 3.91. The predicted octanol–water partition coefficient (Wildman–Crippen LogP) is 5.89. The lowest BCUT2D eigenvalue weighted by Gasteiger charge is -2.08. The van der Waals surface area contributed by atoms with Crippen molar-refractivity contribution >= 4 is 10.1 Å². The van der Waals surface area contributed by atoms with Crippen LogP contribution in [0.15, 0.2) is 0 Å². The Morgan fingerprint density at radius 2 is 0.960 bits per heavy atom. The summed E-state index contributed by atoms with van der Waals surface area (Å²) in [4.78, 5) is 0. The van der Waals surface area contributed by atoms with Crippen molar-refractivity contribution in [2.24, 2.45) is 0 Å². The highest BCUT2D eigenvalue weighted by Crippen LogP contribution is 2.14. The van der Waals surface area contributed by atoms with Crippen molar-refractivity contribution in [2.75, 3.05) is 5.75 Å². The minimum atomic E-state index is -4.05. The van der Waals surface area contributed by atoms with Crippen LogP contribution in [-0.2, 0) is 10.1 Å². The molecule has 0 fully saturated rings. The molecule has 0 aromatic rings. The Balaban J connectivity index is 3.14. The number of unbranched alkanes of at least 4 members (excludes halogenated alkanes) is 15. The van der Waals surface area contributed by atoms with Gasteiger partial charge in [0.05, 0.1) is 6.10 Å². The summed E-state index contributed by atoms with van der Waals surface area (Å²) in [6, 6.07) is 0. The Morgan fingerprint density at radius 1 is 0.640 bits per heavy atom. The lowest BCUT2D eigenvalue weighted by atomic mass is 10.0. The lowest BCUT2D eigenvalue weighted by molar-refractivity contribution is 0.180.